The van der Waals surface area contributed by atoms with Crippen molar-refractivity contribution in [2.24, 2.45) is 0 Å². The summed E-state index contributed by atoms with van der Waals surface area (Å²) in [4.78, 5) is 0. The molecule has 2 nitrogen and oxygen atoms in total. The lowest BCUT2D eigenvalue weighted by atomic mass is 9.81. The van der Waals surface area contributed by atoms with Crippen molar-refractivity contribution in [3.8, 4) is 33.4 Å². The molecule has 1 aliphatic rings. The molecule has 1 aliphatic carbocycles. The maximum Gasteiger partial charge on any atom is 0.143 e. The van der Waals surface area contributed by atoms with Gasteiger partial charge >= 0.3 is 0 Å². The van der Waals surface area contributed by atoms with Crippen molar-refractivity contribution in [2.45, 2.75) is 19.3 Å². The quantitative estimate of drug-likeness (QED) is 0.225. The molecule has 7 aromatic carbocycles. The van der Waals surface area contributed by atoms with Crippen molar-refractivity contribution >= 4 is 44.1 Å². The van der Waals surface area contributed by atoms with Gasteiger partial charge < -0.3 is 9.73 Å². The second kappa shape index (κ2) is 9.70. The van der Waals surface area contributed by atoms with Crippen LogP contribution in [-0.2, 0) is 5.41 Å². The standard InChI is InChI=1S/C43H31NO/c1-43(2)39-16-7-5-13-34(39)35-23-20-29(24-40(35)43)27-18-21-30(22-19-27)44-31-25-37(33-15-9-11-28-10-3-4-12-32(28)33)42-38(26-31)36-14-6-8-17-41(36)45-42/h3-26,44H,1-2H3. The minimum absolute atomic E-state index is 0.0128. The van der Waals surface area contributed by atoms with E-state index in [9.17, 15) is 0 Å². The van der Waals surface area contributed by atoms with Gasteiger partial charge in [-0.1, -0.05) is 123 Å². The molecular formula is C43H31NO. The van der Waals surface area contributed by atoms with Crippen LogP contribution < -0.4 is 5.32 Å². The minimum Gasteiger partial charge on any atom is -0.455 e. The molecule has 0 fully saturated rings. The van der Waals surface area contributed by atoms with Crippen molar-refractivity contribution in [2.75, 3.05) is 5.32 Å². The third-order valence-electron chi connectivity index (χ3n) is 9.65. The summed E-state index contributed by atoms with van der Waals surface area (Å²) in [5.41, 5.74) is 14.1. The Morgan fingerprint density at radius 3 is 2.04 bits per heavy atom. The second-order valence-electron chi connectivity index (χ2n) is 12.7. The molecule has 0 unspecified atom stereocenters. The Morgan fingerprint density at radius 2 is 1.16 bits per heavy atom. The van der Waals surface area contributed by atoms with Crippen LogP contribution in [0, 0.1) is 0 Å². The van der Waals surface area contributed by atoms with Gasteiger partial charge in [0.25, 0.3) is 0 Å². The van der Waals surface area contributed by atoms with E-state index in [0.29, 0.717) is 0 Å². The maximum atomic E-state index is 6.50. The number of benzene rings is 7. The Labute approximate surface area is 262 Å². The molecule has 0 atom stereocenters. The van der Waals surface area contributed by atoms with Crippen molar-refractivity contribution in [3.63, 3.8) is 0 Å². The van der Waals surface area contributed by atoms with Gasteiger partial charge in [-0.2, -0.15) is 0 Å². The SMILES string of the molecule is CC1(C)c2ccccc2-c2ccc(-c3ccc(Nc4cc(-c5cccc6ccccc56)c5oc6ccccc6c5c4)cc3)cc21. The highest BCUT2D eigenvalue weighted by Crippen LogP contribution is 2.49. The summed E-state index contributed by atoms with van der Waals surface area (Å²) in [5.74, 6) is 0. The fourth-order valence-corrected chi connectivity index (χ4v) is 7.36. The fourth-order valence-electron chi connectivity index (χ4n) is 7.36. The highest BCUT2D eigenvalue weighted by atomic mass is 16.3. The lowest BCUT2D eigenvalue weighted by Gasteiger charge is -2.22. The van der Waals surface area contributed by atoms with E-state index in [4.69, 9.17) is 4.42 Å². The Hall–Kier alpha value is -5.60. The molecule has 0 bridgehead atoms. The van der Waals surface area contributed by atoms with Crippen molar-refractivity contribution < 1.29 is 4.42 Å². The smallest absolute Gasteiger partial charge is 0.143 e. The summed E-state index contributed by atoms with van der Waals surface area (Å²) in [5, 5.41) is 8.37. The second-order valence-corrected chi connectivity index (χ2v) is 12.7. The largest absolute Gasteiger partial charge is 0.455 e. The number of furan rings is 1. The van der Waals surface area contributed by atoms with E-state index >= 15 is 0 Å². The average Bonchev–Trinajstić information content (AvgIpc) is 3.57. The zero-order chi connectivity index (χ0) is 30.1. The first-order valence-corrected chi connectivity index (χ1v) is 15.6. The van der Waals surface area contributed by atoms with Gasteiger partial charge in [-0.25, -0.2) is 0 Å². The molecule has 0 radical (unpaired) electrons. The molecule has 0 saturated heterocycles. The van der Waals surface area contributed by atoms with E-state index in [1.807, 2.05) is 12.1 Å². The van der Waals surface area contributed by atoms with E-state index in [2.05, 4.69) is 153 Å². The Kier molecular flexibility index (Phi) is 5.58. The molecule has 1 heterocycles. The molecule has 2 heteroatoms. The lowest BCUT2D eigenvalue weighted by Crippen LogP contribution is -2.14. The predicted octanol–water partition coefficient (Wildman–Crippen LogP) is 12.1. The first-order chi connectivity index (χ1) is 22.0. The maximum absolute atomic E-state index is 6.50. The lowest BCUT2D eigenvalue weighted by molar-refractivity contribution is 0.660. The van der Waals surface area contributed by atoms with Crippen LogP contribution in [0.2, 0.25) is 0 Å². The predicted molar refractivity (Wildman–Crippen MR) is 189 cm³/mol. The van der Waals surface area contributed by atoms with Crippen molar-refractivity contribution in [3.05, 3.63) is 157 Å². The van der Waals surface area contributed by atoms with E-state index in [1.165, 1.54) is 44.2 Å². The van der Waals surface area contributed by atoms with Crippen LogP contribution in [-0.4, -0.2) is 0 Å². The number of nitrogens with one attached hydrogen (secondary N) is 1. The van der Waals surface area contributed by atoms with E-state index in [1.54, 1.807) is 0 Å². The molecule has 1 N–H and O–H groups in total. The summed E-state index contributed by atoms with van der Waals surface area (Å²) in [6, 6.07) is 52.3. The first-order valence-electron chi connectivity index (χ1n) is 15.6. The van der Waals surface area contributed by atoms with E-state index < -0.39 is 0 Å². The van der Waals surface area contributed by atoms with Gasteiger partial charge in [0.15, 0.2) is 0 Å². The zero-order valence-electron chi connectivity index (χ0n) is 25.3. The van der Waals surface area contributed by atoms with Crippen LogP contribution in [0.15, 0.2) is 150 Å². The van der Waals surface area contributed by atoms with Crippen molar-refractivity contribution in [1.82, 2.24) is 0 Å². The Morgan fingerprint density at radius 1 is 0.467 bits per heavy atom. The molecule has 0 aliphatic heterocycles. The minimum atomic E-state index is -0.0128. The van der Waals surface area contributed by atoms with Gasteiger partial charge in [0, 0.05) is 33.1 Å². The van der Waals surface area contributed by atoms with E-state index in [0.717, 1.165) is 44.4 Å². The third-order valence-corrected chi connectivity index (χ3v) is 9.65. The normalized spacial score (nSPS) is 13.3. The van der Waals surface area contributed by atoms with Crippen LogP contribution in [0.25, 0.3) is 66.1 Å². The van der Waals surface area contributed by atoms with Crippen LogP contribution in [0.3, 0.4) is 0 Å². The molecule has 214 valence electrons. The average molecular weight is 578 g/mol. The van der Waals surface area contributed by atoms with Gasteiger partial charge in [0.2, 0.25) is 0 Å². The highest BCUT2D eigenvalue weighted by molar-refractivity contribution is 6.13. The van der Waals surface area contributed by atoms with Gasteiger partial charge in [-0.15, -0.1) is 0 Å². The van der Waals surface area contributed by atoms with Crippen LogP contribution in [0.4, 0.5) is 11.4 Å². The van der Waals surface area contributed by atoms with Gasteiger partial charge in [-0.05, 0) is 86.1 Å². The van der Waals surface area contributed by atoms with Gasteiger partial charge in [-0.3, -0.25) is 0 Å². The van der Waals surface area contributed by atoms with Gasteiger partial charge in [0.05, 0.1) is 0 Å². The van der Waals surface area contributed by atoms with Crippen molar-refractivity contribution in [1.29, 1.82) is 0 Å². The molecule has 8 aromatic rings. The summed E-state index contributed by atoms with van der Waals surface area (Å²) in [6.07, 6.45) is 0. The summed E-state index contributed by atoms with van der Waals surface area (Å²) in [6.45, 7) is 4.67. The van der Waals surface area contributed by atoms with Crippen LogP contribution in [0.1, 0.15) is 25.0 Å². The topological polar surface area (TPSA) is 25.2 Å². The number of anilines is 2. The molecule has 9 rings (SSSR count). The number of rotatable bonds is 4. The number of fused-ring (bicyclic) bond motifs is 7. The van der Waals surface area contributed by atoms with Gasteiger partial charge in [0.1, 0.15) is 11.2 Å². The summed E-state index contributed by atoms with van der Waals surface area (Å²) < 4.78 is 6.50. The number of para-hydroxylation sites is 1. The highest BCUT2D eigenvalue weighted by Gasteiger charge is 2.35. The molecule has 1 aromatic heterocycles. The summed E-state index contributed by atoms with van der Waals surface area (Å²) in [7, 11) is 0. The number of hydrogen-bond acceptors (Lipinski definition) is 2. The molecule has 45 heavy (non-hydrogen) atoms. The van der Waals surface area contributed by atoms with E-state index in [-0.39, 0.29) is 5.41 Å². The molecule has 0 spiro atoms. The molecule has 0 amide bonds. The summed E-state index contributed by atoms with van der Waals surface area (Å²) >= 11 is 0. The monoisotopic (exact) mass is 577 g/mol. The molecular weight excluding hydrogens is 546 g/mol. The third kappa shape index (κ3) is 4.03. The Bertz CT molecular complexity index is 2420. The molecule has 0 saturated carbocycles. The van der Waals surface area contributed by atoms with Crippen LogP contribution >= 0.6 is 0 Å². The first kappa shape index (κ1) is 25.9. The fraction of sp³-hybridized carbons (Fsp3) is 0.0698. The Balaban J connectivity index is 1.10. The number of hydrogen-bond donors (Lipinski definition) is 1. The zero-order valence-corrected chi connectivity index (χ0v) is 25.3. The van der Waals surface area contributed by atoms with Crippen LogP contribution in [0.5, 0.6) is 0 Å².